The number of rotatable bonds is 1. The fraction of sp³-hybridized carbons (Fsp3) is 0.571. The monoisotopic (exact) mass is 198 g/mol. The van der Waals surface area contributed by atoms with E-state index in [0.29, 0.717) is 19.4 Å². The molecule has 1 fully saturated rings. The van der Waals surface area contributed by atoms with Crippen LogP contribution in [0.1, 0.15) is 12.8 Å². The van der Waals surface area contributed by atoms with Gasteiger partial charge in [0.25, 0.3) is 0 Å². The molecular formula is C7H14N6O. The van der Waals surface area contributed by atoms with Crippen LogP contribution in [0.15, 0.2) is 9.98 Å². The van der Waals surface area contributed by atoms with Crippen molar-refractivity contribution in [3.05, 3.63) is 0 Å². The molecular weight excluding hydrogens is 184 g/mol. The van der Waals surface area contributed by atoms with E-state index in [2.05, 4.69) is 15.3 Å². The van der Waals surface area contributed by atoms with Gasteiger partial charge in [-0.25, -0.2) is 4.99 Å². The summed E-state index contributed by atoms with van der Waals surface area (Å²) in [7, 11) is 0. The molecule has 7 heteroatoms. The van der Waals surface area contributed by atoms with Crippen LogP contribution in [0.4, 0.5) is 0 Å². The second kappa shape index (κ2) is 4.45. The Kier molecular flexibility index (Phi) is 3.27. The molecule has 78 valence electrons. The minimum atomic E-state index is -0.119. The Morgan fingerprint density at radius 3 is 2.64 bits per heavy atom. The number of carbonyl (C=O) groups is 1. The molecule has 1 atom stereocenters. The molecule has 1 unspecified atom stereocenters. The number of nitrogens with two attached hydrogens (primary N) is 3. The normalized spacial score (nSPS) is 22.7. The highest BCUT2D eigenvalue weighted by molar-refractivity contribution is 5.92. The lowest BCUT2D eigenvalue weighted by atomic mass is 10.1. The molecule has 0 aromatic carbocycles. The van der Waals surface area contributed by atoms with Gasteiger partial charge in [0.05, 0.1) is 6.04 Å². The SMILES string of the molecule is NC(N)=NC(N)=NC1CCC(=O)NC1. The number of aliphatic imine (C=N–C) groups is 2. The van der Waals surface area contributed by atoms with E-state index in [0.717, 1.165) is 0 Å². The number of nitrogens with one attached hydrogen (secondary N) is 1. The van der Waals surface area contributed by atoms with E-state index < -0.39 is 0 Å². The van der Waals surface area contributed by atoms with Crippen LogP contribution in [0, 0.1) is 0 Å². The van der Waals surface area contributed by atoms with E-state index in [1.54, 1.807) is 0 Å². The Morgan fingerprint density at radius 2 is 2.14 bits per heavy atom. The fourth-order valence-corrected chi connectivity index (χ4v) is 1.18. The zero-order valence-electron chi connectivity index (χ0n) is 7.73. The minimum absolute atomic E-state index is 0.0317. The van der Waals surface area contributed by atoms with Crippen LogP contribution in [0.3, 0.4) is 0 Å². The summed E-state index contributed by atoms with van der Waals surface area (Å²) in [6, 6.07) is -0.0317. The molecule has 1 rings (SSSR count). The van der Waals surface area contributed by atoms with Crippen molar-refractivity contribution < 1.29 is 4.79 Å². The van der Waals surface area contributed by atoms with Gasteiger partial charge in [-0.3, -0.25) is 4.79 Å². The summed E-state index contributed by atoms with van der Waals surface area (Å²) in [5, 5.41) is 2.68. The highest BCUT2D eigenvalue weighted by Crippen LogP contribution is 2.06. The predicted molar refractivity (Wildman–Crippen MR) is 53.5 cm³/mol. The number of guanidine groups is 2. The van der Waals surface area contributed by atoms with Crippen molar-refractivity contribution in [2.24, 2.45) is 27.2 Å². The summed E-state index contributed by atoms with van der Waals surface area (Å²) in [6.45, 7) is 0.486. The Hall–Kier alpha value is -1.79. The quantitative estimate of drug-likeness (QED) is 0.282. The van der Waals surface area contributed by atoms with Crippen LogP contribution in [0.25, 0.3) is 0 Å². The molecule has 0 aliphatic carbocycles. The predicted octanol–water partition coefficient (Wildman–Crippen LogP) is -2.15. The van der Waals surface area contributed by atoms with Gasteiger partial charge in [-0.05, 0) is 6.42 Å². The van der Waals surface area contributed by atoms with Gasteiger partial charge in [-0.15, -0.1) is 0 Å². The zero-order valence-corrected chi connectivity index (χ0v) is 7.73. The Morgan fingerprint density at radius 1 is 1.43 bits per heavy atom. The summed E-state index contributed by atoms with van der Waals surface area (Å²) in [5.74, 6) is -0.0332. The van der Waals surface area contributed by atoms with Gasteiger partial charge in [0, 0.05) is 13.0 Å². The van der Waals surface area contributed by atoms with E-state index in [-0.39, 0.29) is 23.9 Å². The third kappa shape index (κ3) is 3.30. The van der Waals surface area contributed by atoms with Crippen LogP contribution >= 0.6 is 0 Å². The number of hydrogen-bond acceptors (Lipinski definition) is 2. The molecule has 0 spiro atoms. The van der Waals surface area contributed by atoms with E-state index in [1.165, 1.54) is 0 Å². The molecule has 0 radical (unpaired) electrons. The average molecular weight is 198 g/mol. The lowest BCUT2D eigenvalue weighted by Crippen LogP contribution is -2.38. The lowest BCUT2D eigenvalue weighted by Gasteiger charge is -2.18. The number of hydrogen-bond donors (Lipinski definition) is 4. The molecule has 1 amide bonds. The van der Waals surface area contributed by atoms with Gasteiger partial charge in [-0.2, -0.15) is 4.99 Å². The van der Waals surface area contributed by atoms with Gasteiger partial charge in [0.2, 0.25) is 11.9 Å². The number of amides is 1. The minimum Gasteiger partial charge on any atom is -0.370 e. The third-order valence-corrected chi connectivity index (χ3v) is 1.80. The smallest absolute Gasteiger partial charge is 0.220 e. The topological polar surface area (TPSA) is 132 Å². The van der Waals surface area contributed by atoms with E-state index in [4.69, 9.17) is 17.2 Å². The maximum absolute atomic E-state index is 10.8. The standard InChI is InChI=1S/C7H14N6O/c8-6(9)13-7(10)12-4-1-2-5(14)11-3-4/h4H,1-3H2,(H,11,14)(H6,8,9,10,12,13). The Labute approximate surface area is 81.4 Å². The molecule has 1 heterocycles. The van der Waals surface area contributed by atoms with E-state index in [1.807, 2.05) is 0 Å². The van der Waals surface area contributed by atoms with Gasteiger partial charge in [-0.1, -0.05) is 0 Å². The summed E-state index contributed by atoms with van der Waals surface area (Å²) in [4.78, 5) is 18.4. The maximum atomic E-state index is 10.8. The van der Waals surface area contributed by atoms with Crippen molar-refractivity contribution in [1.29, 1.82) is 0 Å². The summed E-state index contributed by atoms with van der Waals surface area (Å²) < 4.78 is 0. The van der Waals surface area contributed by atoms with E-state index >= 15 is 0 Å². The lowest BCUT2D eigenvalue weighted by molar-refractivity contribution is -0.122. The molecule has 14 heavy (non-hydrogen) atoms. The van der Waals surface area contributed by atoms with Gasteiger partial charge in [0.1, 0.15) is 0 Å². The van der Waals surface area contributed by atoms with Crippen LogP contribution in [0.2, 0.25) is 0 Å². The molecule has 1 aliphatic rings. The molecule has 1 saturated heterocycles. The molecule has 0 bridgehead atoms. The summed E-state index contributed by atoms with van der Waals surface area (Å²) in [6.07, 6.45) is 1.13. The number of nitrogens with zero attached hydrogens (tertiary/aromatic N) is 2. The first-order valence-corrected chi connectivity index (χ1v) is 4.27. The first-order chi connectivity index (χ1) is 6.58. The van der Waals surface area contributed by atoms with Crippen molar-refractivity contribution in [3.8, 4) is 0 Å². The maximum Gasteiger partial charge on any atom is 0.220 e. The fourth-order valence-electron chi connectivity index (χ4n) is 1.18. The van der Waals surface area contributed by atoms with Crippen molar-refractivity contribution in [2.45, 2.75) is 18.9 Å². The van der Waals surface area contributed by atoms with Gasteiger partial charge < -0.3 is 22.5 Å². The van der Waals surface area contributed by atoms with Gasteiger partial charge in [0.15, 0.2) is 5.96 Å². The zero-order chi connectivity index (χ0) is 10.6. The second-order valence-electron chi connectivity index (χ2n) is 3.02. The van der Waals surface area contributed by atoms with Crippen LogP contribution in [-0.4, -0.2) is 30.4 Å². The molecule has 0 saturated carbocycles. The van der Waals surface area contributed by atoms with Gasteiger partial charge >= 0.3 is 0 Å². The first kappa shape index (κ1) is 10.3. The molecule has 7 N–H and O–H groups in total. The Bertz CT molecular complexity index is 270. The molecule has 1 aliphatic heterocycles. The highest BCUT2D eigenvalue weighted by Gasteiger charge is 2.16. The largest absolute Gasteiger partial charge is 0.370 e. The summed E-state index contributed by atoms with van der Waals surface area (Å²) in [5.41, 5.74) is 15.7. The van der Waals surface area contributed by atoms with E-state index in [9.17, 15) is 4.79 Å². The third-order valence-electron chi connectivity index (χ3n) is 1.80. The highest BCUT2D eigenvalue weighted by atomic mass is 16.1. The van der Waals surface area contributed by atoms with Crippen LogP contribution in [-0.2, 0) is 4.79 Å². The Balaban J connectivity index is 2.51. The van der Waals surface area contributed by atoms with Crippen molar-refractivity contribution in [3.63, 3.8) is 0 Å². The summed E-state index contributed by atoms with van der Waals surface area (Å²) >= 11 is 0. The number of piperidine rings is 1. The number of carbonyl (C=O) groups excluding carboxylic acids is 1. The second-order valence-corrected chi connectivity index (χ2v) is 3.02. The average Bonchev–Trinajstić information content (AvgIpc) is 2.07. The molecule has 0 aromatic heterocycles. The van der Waals surface area contributed by atoms with Crippen molar-refractivity contribution in [1.82, 2.24) is 5.32 Å². The molecule has 0 aromatic rings. The van der Waals surface area contributed by atoms with Crippen molar-refractivity contribution in [2.75, 3.05) is 6.54 Å². The molecule has 7 nitrogen and oxygen atoms in total. The van der Waals surface area contributed by atoms with Crippen LogP contribution < -0.4 is 22.5 Å². The van der Waals surface area contributed by atoms with Crippen LogP contribution in [0.5, 0.6) is 0 Å². The first-order valence-electron chi connectivity index (χ1n) is 4.27. The van der Waals surface area contributed by atoms with Crippen molar-refractivity contribution >= 4 is 17.8 Å².